The summed E-state index contributed by atoms with van der Waals surface area (Å²) in [5.74, 6) is 1.59. The lowest BCUT2D eigenvalue weighted by molar-refractivity contribution is 0.122. The van der Waals surface area contributed by atoms with Crippen molar-refractivity contribution in [2.45, 2.75) is 13.0 Å². The number of anilines is 1. The van der Waals surface area contributed by atoms with Crippen LogP contribution in [-0.4, -0.2) is 59.1 Å². The molecule has 7 heteroatoms. The minimum atomic E-state index is -0.877. The van der Waals surface area contributed by atoms with Crippen LogP contribution in [0.1, 0.15) is 6.92 Å². The molecule has 1 unspecified atom stereocenters. The maximum atomic E-state index is 11.3. The summed E-state index contributed by atoms with van der Waals surface area (Å²) < 4.78 is 5.24. The van der Waals surface area contributed by atoms with E-state index in [0.29, 0.717) is 19.6 Å². The summed E-state index contributed by atoms with van der Waals surface area (Å²) in [5.41, 5.74) is 1.79. The third-order valence-electron chi connectivity index (χ3n) is 5.20. The molecule has 1 aliphatic rings. The van der Waals surface area contributed by atoms with Crippen molar-refractivity contribution in [3.63, 3.8) is 0 Å². The SMILES string of the molecule is COc1ccc(-c2nnc(N3CCN(C(=O)O)C(C)C3)c3ccccc23)cc1. The maximum absolute atomic E-state index is 11.3. The predicted octanol–water partition coefficient (Wildman–Crippen LogP) is 3.49. The Morgan fingerprint density at radius 3 is 2.43 bits per heavy atom. The van der Waals surface area contributed by atoms with E-state index in [2.05, 4.69) is 15.1 Å². The van der Waals surface area contributed by atoms with Gasteiger partial charge in [-0.3, -0.25) is 0 Å². The monoisotopic (exact) mass is 378 g/mol. The summed E-state index contributed by atoms with van der Waals surface area (Å²) >= 11 is 0. The molecule has 7 nitrogen and oxygen atoms in total. The second-order valence-electron chi connectivity index (χ2n) is 6.92. The first-order valence-electron chi connectivity index (χ1n) is 9.23. The number of methoxy groups -OCH3 is 1. The molecule has 2 aromatic carbocycles. The van der Waals surface area contributed by atoms with E-state index in [1.54, 1.807) is 7.11 Å². The van der Waals surface area contributed by atoms with Gasteiger partial charge in [-0.15, -0.1) is 10.2 Å². The zero-order valence-electron chi connectivity index (χ0n) is 15.9. The number of carbonyl (C=O) groups is 1. The van der Waals surface area contributed by atoms with Gasteiger partial charge in [-0.25, -0.2) is 4.79 Å². The van der Waals surface area contributed by atoms with E-state index in [0.717, 1.165) is 33.6 Å². The number of benzene rings is 2. The molecular weight excluding hydrogens is 356 g/mol. The van der Waals surface area contributed by atoms with Crippen molar-refractivity contribution in [2.75, 3.05) is 31.6 Å². The lowest BCUT2D eigenvalue weighted by Crippen LogP contribution is -2.54. The number of hydrogen-bond acceptors (Lipinski definition) is 5. The van der Waals surface area contributed by atoms with E-state index in [4.69, 9.17) is 4.74 Å². The zero-order valence-corrected chi connectivity index (χ0v) is 15.9. The van der Waals surface area contributed by atoms with Crippen molar-refractivity contribution < 1.29 is 14.6 Å². The molecule has 3 aromatic rings. The number of nitrogens with zero attached hydrogens (tertiary/aromatic N) is 4. The van der Waals surface area contributed by atoms with Crippen molar-refractivity contribution in [2.24, 2.45) is 0 Å². The second-order valence-corrected chi connectivity index (χ2v) is 6.92. The van der Waals surface area contributed by atoms with Crippen molar-refractivity contribution in [1.82, 2.24) is 15.1 Å². The predicted molar refractivity (Wildman–Crippen MR) is 108 cm³/mol. The smallest absolute Gasteiger partial charge is 0.407 e. The molecule has 0 saturated carbocycles. The molecule has 0 aliphatic carbocycles. The normalized spacial score (nSPS) is 17.0. The van der Waals surface area contributed by atoms with Gasteiger partial charge in [0.2, 0.25) is 0 Å². The second kappa shape index (κ2) is 7.34. The van der Waals surface area contributed by atoms with Crippen molar-refractivity contribution in [3.8, 4) is 17.0 Å². The van der Waals surface area contributed by atoms with Crippen LogP contribution >= 0.6 is 0 Å². The van der Waals surface area contributed by atoms with Gasteiger partial charge in [0, 0.05) is 42.0 Å². The van der Waals surface area contributed by atoms with Gasteiger partial charge < -0.3 is 19.6 Å². The van der Waals surface area contributed by atoms with Crippen molar-refractivity contribution >= 4 is 22.7 Å². The molecule has 1 saturated heterocycles. The Hall–Kier alpha value is -3.35. The molecule has 144 valence electrons. The molecule has 1 amide bonds. The summed E-state index contributed by atoms with van der Waals surface area (Å²) in [7, 11) is 1.64. The molecule has 0 spiro atoms. The van der Waals surface area contributed by atoms with Gasteiger partial charge >= 0.3 is 6.09 Å². The fourth-order valence-electron chi connectivity index (χ4n) is 3.72. The number of fused-ring (bicyclic) bond motifs is 1. The van der Waals surface area contributed by atoms with Crippen LogP contribution in [0.3, 0.4) is 0 Å². The largest absolute Gasteiger partial charge is 0.497 e. The van der Waals surface area contributed by atoms with Gasteiger partial charge in [0.1, 0.15) is 11.4 Å². The molecule has 0 bridgehead atoms. The van der Waals surface area contributed by atoms with E-state index in [-0.39, 0.29) is 6.04 Å². The number of rotatable bonds is 3. The Labute approximate surface area is 163 Å². The summed E-state index contributed by atoms with van der Waals surface area (Å²) in [5, 5.41) is 20.4. The van der Waals surface area contributed by atoms with E-state index in [1.807, 2.05) is 55.5 Å². The number of hydrogen-bond donors (Lipinski definition) is 1. The van der Waals surface area contributed by atoms with Crippen LogP contribution in [0.15, 0.2) is 48.5 Å². The molecule has 1 aromatic heterocycles. The standard InChI is InChI=1S/C21H22N4O3/c1-14-13-24(11-12-25(14)21(26)27)20-18-6-4-3-5-17(18)19(22-23-20)15-7-9-16(28-2)10-8-15/h3-10,14H,11-13H2,1-2H3,(H,26,27). The van der Waals surface area contributed by atoms with Crippen LogP contribution in [0.25, 0.3) is 22.0 Å². The maximum Gasteiger partial charge on any atom is 0.407 e. The molecule has 2 heterocycles. The lowest BCUT2D eigenvalue weighted by Gasteiger charge is -2.39. The zero-order chi connectivity index (χ0) is 19.7. The van der Waals surface area contributed by atoms with Crippen LogP contribution in [0.5, 0.6) is 5.75 Å². The first kappa shape index (κ1) is 18.0. The average Bonchev–Trinajstić information content (AvgIpc) is 2.72. The van der Waals surface area contributed by atoms with Gasteiger partial charge in [-0.1, -0.05) is 24.3 Å². The first-order valence-corrected chi connectivity index (χ1v) is 9.23. The number of piperazine rings is 1. The highest BCUT2D eigenvalue weighted by atomic mass is 16.5. The fraction of sp³-hybridized carbons (Fsp3) is 0.286. The van der Waals surface area contributed by atoms with Crippen molar-refractivity contribution in [3.05, 3.63) is 48.5 Å². The fourth-order valence-corrected chi connectivity index (χ4v) is 3.72. The number of amides is 1. The van der Waals surface area contributed by atoms with E-state index >= 15 is 0 Å². The molecule has 1 N–H and O–H groups in total. The molecule has 28 heavy (non-hydrogen) atoms. The Morgan fingerprint density at radius 2 is 1.79 bits per heavy atom. The lowest BCUT2D eigenvalue weighted by atomic mass is 10.0. The topological polar surface area (TPSA) is 78.8 Å². The van der Waals surface area contributed by atoms with Crippen LogP contribution < -0.4 is 9.64 Å². The number of aromatic nitrogens is 2. The van der Waals surface area contributed by atoms with Crippen LogP contribution in [-0.2, 0) is 0 Å². The van der Waals surface area contributed by atoms with Crippen LogP contribution in [0.2, 0.25) is 0 Å². The van der Waals surface area contributed by atoms with Gasteiger partial charge in [0.25, 0.3) is 0 Å². The molecule has 1 atom stereocenters. The highest BCUT2D eigenvalue weighted by Gasteiger charge is 2.29. The quantitative estimate of drug-likeness (QED) is 0.752. The van der Waals surface area contributed by atoms with E-state index in [1.165, 1.54) is 4.90 Å². The molecule has 4 rings (SSSR count). The first-order chi connectivity index (χ1) is 13.6. The Kier molecular flexibility index (Phi) is 4.73. The summed E-state index contributed by atoms with van der Waals surface area (Å²) in [6, 6.07) is 15.7. The summed E-state index contributed by atoms with van der Waals surface area (Å²) in [6.07, 6.45) is -0.877. The van der Waals surface area contributed by atoms with E-state index < -0.39 is 6.09 Å². The molecule has 1 aliphatic heterocycles. The third kappa shape index (κ3) is 3.19. The van der Waals surface area contributed by atoms with Gasteiger partial charge in [0.05, 0.1) is 7.11 Å². The van der Waals surface area contributed by atoms with Gasteiger partial charge in [-0.05, 0) is 31.2 Å². The highest BCUT2D eigenvalue weighted by Crippen LogP contribution is 2.32. The van der Waals surface area contributed by atoms with E-state index in [9.17, 15) is 9.90 Å². The minimum absolute atomic E-state index is 0.104. The Balaban J connectivity index is 1.73. The van der Waals surface area contributed by atoms with Crippen LogP contribution in [0.4, 0.5) is 10.6 Å². The number of carboxylic acid groups (broad SMARTS) is 1. The van der Waals surface area contributed by atoms with Gasteiger partial charge in [0.15, 0.2) is 5.82 Å². The number of ether oxygens (including phenoxy) is 1. The highest BCUT2D eigenvalue weighted by molar-refractivity contribution is 6.00. The summed E-state index contributed by atoms with van der Waals surface area (Å²) in [6.45, 7) is 3.55. The molecule has 1 fully saturated rings. The molecular formula is C21H22N4O3. The third-order valence-corrected chi connectivity index (χ3v) is 5.20. The Morgan fingerprint density at radius 1 is 1.07 bits per heavy atom. The molecule has 0 radical (unpaired) electrons. The average molecular weight is 378 g/mol. The van der Waals surface area contributed by atoms with Crippen molar-refractivity contribution in [1.29, 1.82) is 0 Å². The Bertz CT molecular complexity index is 1010. The van der Waals surface area contributed by atoms with Crippen LogP contribution in [0, 0.1) is 0 Å². The van der Waals surface area contributed by atoms with Gasteiger partial charge in [-0.2, -0.15) is 0 Å². The summed E-state index contributed by atoms with van der Waals surface area (Å²) in [4.78, 5) is 14.9. The minimum Gasteiger partial charge on any atom is -0.497 e.